The second kappa shape index (κ2) is 4.48. The van der Waals surface area contributed by atoms with E-state index in [4.69, 9.17) is 5.11 Å². The van der Waals surface area contributed by atoms with Crippen LogP contribution in [0.5, 0.6) is 0 Å². The second-order valence-electron chi connectivity index (χ2n) is 3.13. The number of hydrogen-bond acceptors (Lipinski definition) is 4. The molecule has 1 heterocycles. The minimum atomic E-state index is -4.04. The standard InChI is InChI=1S/C9H12N2O4S/c1-3-11(9(12)13)16(14,15)8-5-4-7(2)6-10-8/h4-6H,3H2,1-2H3,(H,12,13). The quantitative estimate of drug-likeness (QED) is 0.859. The van der Waals surface area contributed by atoms with Gasteiger partial charge in [0.2, 0.25) is 0 Å². The zero-order chi connectivity index (χ0) is 12.3. The summed E-state index contributed by atoms with van der Waals surface area (Å²) in [5, 5.41) is 8.48. The average Bonchev–Trinajstić information content (AvgIpc) is 2.18. The minimum absolute atomic E-state index is 0.146. The first-order valence-corrected chi connectivity index (χ1v) is 6.02. The van der Waals surface area contributed by atoms with Crippen molar-refractivity contribution < 1.29 is 18.3 Å². The van der Waals surface area contributed by atoms with Crippen LogP contribution < -0.4 is 0 Å². The van der Waals surface area contributed by atoms with E-state index < -0.39 is 16.1 Å². The Labute approximate surface area is 93.6 Å². The summed E-state index contributed by atoms with van der Waals surface area (Å²) in [5.41, 5.74) is 0.803. The summed E-state index contributed by atoms with van der Waals surface area (Å²) < 4.78 is 23.9. The smallest absolute Gasteiger partial charge is 0.421 e. The van der Waals surface area contributed by atoms with Crippen molar-refractivity contribution in [2.45, 2.75) is 18.9 Å². The van der Waals surface area contributed by atoms with Crippen molar-refractivity contribution in [2.75, 3.05) is 6.54 Å². The minimum Gasteiger partial charge on any atom is -0.464 e. The van der Waals surface area contributed by atoms with Crippen molar-refractivity contribution in [1.29, 1.82) is 0 Å². The van der Waals surface area contributed by atoms with E-state index in [0.717, 1.165) is 5.56 Å². The molecule has 0 aliphatic heterocycles. The van der Waals surface area contributed by atoms with Crippen LogP contribution in [0, 0.1) is 6.92 Å². The lowest BCUT2D eigenvalue weighted by molar-refractivity contribution is 0.173. The van der Waals surface area contributed by atoms with Gasteiger partial charge in [-0.15, -0.1) is 0 Å². The van der Waals surface area contributed by atoms with Gasteiger partial charge >= 0.3 is 6.09 Å². The Morgan fingerprint density at radius 3 is 2.50 bits per heavy atom. The molecule has 0 atom stereocenters. The maximum Gasteiger partial charge on any atom is 0.421 e. The van der Waals surface area contributed by atoms with Gasteiger partial charge < -0.3 is 5.11 Å². The molecule has 1 N–H and O–H groups in total. The van der Waals surface area contributed by atoms with Gasteiger partial charge in [0, 0.05) is 12.7 Å². The summed E-state index contributed by atoms with van der Waals surface area (Å²) in [6.45, 7) is 3.06. The van der Waals surface area contributed by atoms with Crippen LogP contribution in [0.2, 0.25) is 0 Å². The lowest BCUT2D eigenvalue weighted by Gasteiger charge is -2.16. The molecule has 0 unspecified atom stereocenters. The molecule has 1 aromatic heterocycles. The molecule has 0 spiro atoms. The lowest BCUT2D eigenvalue weighted by Crippen LogP contribution is -2.35. The van der Waals surface area contributed by atoms with Crippen molar-refractivity contribution in [2.24, 2.45) is 0 Å². The maximum absolute atomic E-state index is 11.8. The molecule has 0 saturated carbocycles. The largest absolute Gasteiger partial charge is 0.464 e. The van der Waals surface area contributed by atoms with Gasteiger partial charge in [-0.1, -0.05) is 6.07 Å². The fourth-order valence-electron chi connectivity index (χ4n) is 1.13. The van der Waals surface area contributed by atoms with Crippen LogP contribution in [0.1, 0.15) is 12.5 Å². The van der Waals surface area contributed by atoms with Crippen LogP contribution in [-0.4, -0.2) is 35.5 Å². The molecule has 16 heavy (non-hydrogen) atoms. The molecule has 0 aromatic carbocycles. The summed E-state index contributed by atoms with van der Waals surface area (Å²) in [5.74, 6) is 0. The number of amides is 1. The van der Waals surface area contributed by atoms with E-state index in [9.17, 15) is 13.2 Å². The van der Waals surface area contributed by atoms with Crippen LogP contribution in [0.4, 0.5) is 4.79 Å². The Balaban J connectivity index is 3.20. The van der Waals surface area contributed by atoms with Gasteiger partial charge in [-0.3, -0.25) is 0 Å². The maximum atomic E-state index is 11.8. The van der Waals surface area contributed by atoms with E-state index in [1.165, 1.54) is 19.2 Å². The van der Waals surface area contributed by atoms with Crippen molar-refractivity contribution in [3.05, 3.63) is 23.9 Å². The van der Waals surface area contributed by atoms with E-state index in [2.05, 4.69) is 4.98 Å². The van der Waals surface area contributed by atoms with E-state index in [0.29, 0.717) is 4.31 Å². The highest BCUT2D eigenvalue weighted by Crippen LogP contribution is 2.13. The van der Waals surface area contributed by atoms with E-state index in [-0.39, 0.29) is 11.6 Å². The molecule has 6 nitrogen and oxygen atoms in total. The molecule has 0 aliphatic rings. The summed E-state index contributed by atoms with van der Waals surface area (Å²) in [4.78, 5) is 14.4. The van der Waals surface area contributed by atoms with Crippen molar-refractivity contribution >= 4 is 16.1 Å². The predicted octanol–water partition coefficient (Wildman–Crippen LogP) is 1.08. The molecule has 0 fully saturated rings. The van der Waals surface area contributed by atoms with Crippen molar-refractivity contribution in [1.82, 2.24) is 9.29 Å². The third-order valence-corrected chi connectivity index (χ3v) is 3.70. The molecule has 0 radical (unpaired) electrons. The monoisotopic (exact) mass is 244 g/mol. The van der Waals surface area contributed by atoms with Gasteiger partial charge in [0.1, 0.15) is 0 Å². The summed E-state index contributed by atoms with van der Waals surface area (Å²) >= 11 is 0. The molecular formula is C9H12N2O4S. The number of nitrogens with zero attached hydrogens (tertiary/aromatic N) is 2. The number of sulfonamides is 1. The highest BCUT2D eigenvalue weighted by atomic mass is 32.2. The molecule has 88 valence electrons. The van der Waals surface area contributed by atoms with Crippen LogP contribution in [-0.2, 0) is 10.0 Å². The summed E-state index contributed by atoms with van der Waals surface area (Å²) in [6, 6.07) is 2.85. The van der Waals surface area contributed by atoms with Gasteiger partial charge in [-0.05, 0) is 25.5 Å². The molecule has 0 saturated heterocycles. The highest BCUT2D eigenvalue weighted by Gasteiger charge is 2.28. The molecule has 1 aromatic rings. The Bertz CT molecular complexity index is 481. The zero-order valence-electron chi connectivity index (χ0n) is 8.91. The summed E-state index contributed by atoms with van der Waals surface area (Å²) in [7, 11) is -4.04. The Hall–Kier alpha value is -1.63. The highest BCUT2D eigenvalue weighted by molar-refractivity contribution is 7.89. The van der Waals surface area contributed by atoms with Gasteiger partial charge in [0.15, 0.2) is 5.03 Å². The number of pyridine rings is 1. The molecule has 7 heteroatoms. The number of aromatic nitrogens is 1. The first kappa shape index (κ1) is 12.4. The number of carboxylic acid groups (broad SMARTS) is 1. The van der Waals surface area contributed by atoms with Crippen LogP contribution in [0.15, 0.2) is 23.4 Å². The number of aryl methyl sites for hydroxylation is 1. The lowest BCUT2D eigenvalue weighted by atomic mass is 10.3. The fourth-order valence-corrected chi connectivity index (χ4v) is 2.33. The van der Waals surface area contributed by atoms with Crippen molar-refractivity contribution in [3.63, 3.8) is 0 Å². The first-order valence-electron chi connectivity index (χ1n) is 4.58. The third-order valence-electron chi connectivity index (χ3n) is 1.94. The first-order chi connectivity index (χ1) is 7.39. The fraction of sp³-hybridized carbons (Fsp3) is 0.333. The average molecular weight is 244 g/mol. The van der Waals surface area contributed by atoms with Crippen LogP contribution in [0.3, 0.4) is 0 Å². The van der Waals surface area contributed by atoms with Gasteiger partial charge in [0.25, 0.3) is 10.0 Å². The molecule has 1 rings (SSSR count). The zero-order valence-corrected chi connectivity index (χ0v) is 9.73. The molecule has 0 aliphatic carbocycles. The number of rotatable bonds is 3. The van der Waals surface area contributed by atoms with E-state index in [1.807, 2.05) is 0 Å². The summed E-state index contributed by atoms with van der Waals surface area (Å²) in [6.07, 6.45) is -0.132. The second-order valence-corrected chi connectivity index (χ2v) is 4.94. The van der Waals surface area contributed by atoms with Crippen LogP contribution >= 0.6 is 0 Å². The van der Waals surface area contributed by atoms with Gasteiger partial charge in [-0.25, -0.2) is 9.78 Å². The molecule has 0 bridgehead atoms. The number of hydrogen-bond donors (Lipinski definition) is 1. The molecular weight excluding hydrogens is 232 g/mol. The van der Waals surface area contributed by atoms with Crippen molar-refractivity contribution in [3.8, 4) is 0 Å². The third kappa shape index (κ3) is 2.30. The number of carbonyl (C=O) groups is 1. The SMILES string of the molecule is CCN(C(=O)O)S(=O)(=O)c1ccc(C)cn1. The van der Waals surface area contributed by atoms with E-state index in [1.54, 1.807) is 13.0 Å². The normalized spacial score (nSPS) is 11.1. The van der Waals surface area contributed by atoms with Gasteiger partial charge in [-0.2, -0.15) is 12.7 Å². The Kier molecular flexibility index (Phi) is 3.48. The van der Waals surface area contributed by atoms with Crippen LogP contribution in [0.25, 0.3) is 0 Å². The topological polar surface area (TPSA) is 87.6 Å². The Morgan fingerprint density at radius 1 is 1.50 bits per heavy atom. The molecule has 1 amide bonds. The Morgan fingerprint density at radius 2 is 2.12 bits per heavy atom. The van der Waals surface area contributed by atoms with Gasteiger partial charge in [0.05, 0.1) is 0 Å². The van der Waals surface area contributed by atoms with E-state index >= 15 is 0 Å². The predicted molar refractivity (Wildman–Crippen MR) is 56.6 cm³/mol.